The van der Waals surface area contributed by atoms with Crippen molar-refractivity contribution in [1.29, 1.82) is 0 Å². The molecule has 0 aromatic heterocycles. The summed E-state index contributed by atoms with van der Waals surface area (Å²) in [4.78, 5) is 14.5. The zero-order valence-electron chi connectivity index (χ0n) is 12.3. The van der Waals surface area contributed by atoms with Crippen molar-refractivity contribution in [2.45, 2.75) is 52.9 Å². The van der Waals surface area contributed by atoms with Crippen molar-refractivity contribution in [2.75, 3.05) is 26.3 Å². The maximum absolute atomic E-state index is 12.5. The molecule has 0 bridgehead atoms. The number of amides is 1. The highest BCUT2D eigenvalue weighted by Crippen LogP contribution is 2.19. The fourth-order valence-electron chi connectivity index (χ4n) is 2.39. The number of nitrogens with zero attached hydrogens (tertiary/aromatic N) is 1. The molecule has 1 amide bonds. The van der Waals surface area contributed by atoms with E-state index in [0.717, 1.165) is 52.0 Å². The van der Waals surface area contributed by atoms with Gasteiger partial charge in [0.2, 0.25) is 5.91 Å². The number of rotatable bonds is 7. The maximum Gasteiger partial charge on any atom is 0.225 e. The molecule has 18 heavy (non-hydrogen) atoms. The second-order valence-corrected chi connectivity index (χ2v) is 5.51. The van der Waals surface area contributed by atoms with Crippen molar-refractivity contribution in [3.63, 3.8) is 0 Å². The van der Waals surface area contributed by atoms with Gasteiger partial charge in [0.1, 0.15) is 0 Å². The number of hydrogen-bond acceptors (Lipinski definition) is 2. The molecule has 0 saturated carbocycles. The Balaban J connectivity index is 2.45. The molecule has 3 nitrogen and oxygen atoms in total. The summed E-state index contributed by atoms with van der Waals surface area (Å²) in [7, 11) is 0. The standard InChI is InChI=1S/C15H29NO2/c1-4-9-16(10-6-13(3)5-2)15(17)14-7-11-18-12-8-14/h13-14H,4-12H2,1-3H3. The molecule has 1 atom stereocenters. The summed E-state index contributed by atoms with van der Waals surface area (Å²) < 4.78 is 5.33. The molecule has 1 aliphatic heterocycles. The number of carbonyl (C=O) groups excluding carboxylic acids is 1. The van der Waals surface area contributed by atoms with E-state index in [-0.39, 0.29) is 5.92 Å². The molecule has 106 valence electrons. The molecular formula is C15H29NO2. The van der Waals surface area contributed by atoms with Gasteiger partial charge < -0.3 is 9.64 Å². The molecule has 0 aromatic rings. The molecule has 1 fully saturated rings. The van der Waals surface area contributed by atoms with Crippen molar-refractivity contribution in [1.82, 2.24) is 4.90 Å². The number of carbonyl (C=O) groups is 1. The molecule has 0 N–H and O–H groups in total. The van der Waals surface area contributed by atoms with Crippen molar-refractivity contribution >= 4 is 5.91 Å². The van der Waals surface area contributed by atoms with Gasteiger partial charge in [0.15, 0.2) is 0 Å². The molecule has 1 heterocycles. The van der Waals surface area contributed by atoms with Crippen LogP contribution in [0.25, 0.3) is 0 Å². The van der Waals surface area contributed by atoms with Gasteiger partial charge in [0.25, 0.3) is 0 Å². The highest BCUT2D eigenvalue weighted by Gasteiger charge is 2.25. The molecule has 0 aromatic carbocycles. The Morgan fingerprint density at radius 2 is 1.94 bits per heavy atom. The molecular weight excluding hydrogens is 226 g/mol. The average Bonchev–Trinajstić information content (AvgIpc) is 2.43. The van der Waals surface area contributed by atoms with Crippen molar-refractivity contribution in [3.05, 3.63) is 0 Å². The van der Waals surface area contributed by atoms with E-state index in [1.165, 1.54) is 6.42 Å². The number of hydrogen-bond donors (Lipinski definition) is 0. The molecule has 3 heteroatoms. The molecule has 0 spiro atoms. The monoisotopic (exact) mass is 255 g/mol. The Morgan fingerprint density at radius 3 is 2.50 bits per heavy atom. The Kier molecular flexibility index (Phi) is 7.33. The highest BCUT2D eigenvalue weighted by atomic mass is 16.5. The lowest BCUT2D eigenvalue weighted by atomic mass is 9.97. The lowest BCUT2D eigenvalue weighted by Crippen LogP contribution is -2.40. The van der Waals surface area contributed by atoms with E-state index >= 15 is 0 Å². The van der Waals surface area contributed by atoms with Gasteiger partial charge >= 0.3 is 0 Å². The Bertz CT molecular complexity index is 237. The second kappa shape index (κ2) is 8.52. The lowest BCUT2D eigenvalue weighted by molar-refractivity contribution is -0.138. The first-order valence-corrected chi connectivity index (χ1v) is 7.55. The quantitative estimate of drug-likeness (QED) is 0.699. The van der Waals surface area contributed by atoms with Crippen molar-refractivity contribution < 1.29 is 9.53 Å². The van der Waals surface area contributed by atoms with Gasteiger partial charge in [-0.05, 0) is 31.6 Å². The van der Waals surface area contributed by atoms with E-state index in [1.54, 1.807) is 0 Å². The van der Waals surface area contributed by atoms with Gasteiger partial charge in [0.05, 0.1) is 0 Å². The summed E-state index contributed by atoms with van der Waals surface area (Å²) in [6.07, 6.45) is 5.19. The fraction of sp³-hybridized carbons (Fsp3) is 0.933. The zero-order valence-corrected chi connectivity index (χ0v) is 12.3. The summed E-state index contributed by atoms with van der Waals surface area (Å²) in [5, 5.41) is 0. The minimum absolute atomic E-state index is 0.210. The first-order valence-electron chi connectivity index (χ1n) is 7.55. The summed E-state index contributed by atoms with van der Waals surface area (Å²) >= 11 is 0. The average molecular weight is 255 g/mol. The Morgan fingerprint density at radius 1 is 1.28 bits per heavy atom. The third-order valence-electron chi connectivity index (χ3n) is 3.96. The molecule has 0 radical (unpaired) electrons. The second-order valence-electron chi connectivity index (χ2n) is 5.51. The van der Waals surface area contributed by atoms with E-state index < -0.39 is 0 Å². The normalized spacial score (nSPS) is 18.6. The topological polar surface area (TPSA) is 29.5 Å². The van der Waals surface area contributed by atoms with Gasteiger partial charge in [-0.25, -0.2) is 0 Å². The predicted molar refractivity (Wildman–Crippen MR) is 74.5 cm³/mol. The van der Waals surface area contributed by atoms with E-state index in [4.69, 9.17) is 4.74 Å². The third-order valence-corrected chi connectivity index (χ3v) is 3.96. The van der Waals surface area contributed by atoms with Crippen LogP contribution in [-0.2, 0) is 9.53 Å². The summed E-state index contributed by atoms with van der Waals surface area (Å²) in [6, 6.07) is 0. The Labute approximate surface area is 112 Å². The van der Waals surface area contributed by atoms with Gasteiger partial charge in [-0.3, -0.25) is 4.79 Å². The summed E-state index contributed by atoms with van der Waals surface area (Å²) in [5.74, 6) is 1.29. The van der Waals surface area contributed by atoms with Gasteiger partial charge in [0, 0.05) is 32.2 Å². The van der Waals surface area contributed by atoms with Crippen LogP contribution in [0.2, 0.25) is 0 Å². The van der Waals surface area contributed by atoms with Crippen LogP contribution in [0.3, 0.4) is 0 Å². The van der Waals surface area contributed by atoms with Gasteiger partial charge in [-0.15, -0.1) is 0 Å². The van der Waals surface area contributed by atoms with Crippen LogP contribution in [0.4, 0.5) is 0 Å². The minimum atomic E-state index is 0.210. The SMILES string of the molecule is CCCN(CCC(C)CC)C(=O)C1CCOCC1. The first kappa shape index (κ1) is 15.5. The molecule has 1 rings (SSSR count). The summed E-state index contributed by atoms with van der Waals surface area (Å²) in [6.45, 7) is 9.97. The first-order chi connectivity index (χ1) is 8.69. The molecule has 1 aliphatic rings. The van der Waals surface area contributed by atoms with Gasteiger partial charge in [-0.2, -0.15) is 0 Å². The minimum Gasteiger partial charge on any atom is -0.381 e. The maximum atomic E-state index is 12.5. The van der Waals surface area contributed by atoms with E-state index in [0.29, 0.717) is 11.8 Å². The van der Waals surface area contributed by atoms with Crippen LogP contribution in [0.1, 0.15) is 52.9 Å². The lowest BCUT2D eigenvalue weighted by Gasteiger charge is -2.30. The summed E-state index contributed by atoms with van der Waals surface area (Å²) in [5.41, 5.74) is 0. The molecule has 0 aliphatic carbocycles. The van der Waals surface area contributed by atoms with E-state index in [1.807, 2.05) is 0 Å². The van der Waals surface area contributed by atoms with Crippen LogP contribution >= 0.6 is 0 Å². The Hall–Kier alpha value is -0.570. The van der Waals surface area contributed by atoms with Crippen LogP contribution in [0.15, 0.2) is 0 Å². The van der Waals surface area contributed by atoms with Crippen molar-refractivity contribution in [3.8, 4) is 0 Å². The smallest absolute Gasteiger partial charge is 0.225 e. The van der Waals surface area contributed by atoms with E-state index in [2.05, 4.69) is 25.7 Å². The van der Waals surface area contributed by atoms with E-state index in [9.17, 15) is 4.79 Å². The predicted octanol–water partition coefficient (Wildman–Crippen LogP) is 3.09. The van der Waals surface area contributed by atoms with Crippen LogP contribution in [0.5, 0.6) is 0 Å². The molecule has 1 unspecified atom stereocenters. The van der Waals surface area contributed by atoms with Crippen LogP contribution in [0, 0.1) is 11.8 Å². The third kappa shape index (κ3) is 4.97. The van der Waals surface area contributed by atoms with Crippen LogP contribution in [-0.4, -0.2) is 37.1 Å². The largest absolute Gasteiger partial charge is 0.381 e. The fourth-order valence-corrected chi connectivity index (χ4v) is 2.39. The highest BCUT2D eigenvalue weighted by molar-refractivity contribution is 5.78. The van der Waals surface area contributed by atoms with Crippen LogP contribution < -0.4 is 0 Å². The van der Waals surface area contributed by atoms with Gasteiger partial charge in [-0.1, -0.05) is 27.2 Å². The number of ether oxygens (including phenoxy) is 1. The van der Waals surface area contributed by atoms with Crippen molar-refractivity contribution in [2.24, 2.45) is 11.8 Å². The zero-order chi connectivity index (χ0) is 13.4. The molecule has 1 saturated heterocycles.